The first-order valence-corrected chi connectivity index (χ1v) is 11.2. The molecule has 1 aliphatic rings. The van der Waals surface area contributed by atoms with Crippen molar-refractivity contribution in [3.05, 3.63) is 108 Å². The number of nitrogens with one attached hydrogen (secondary N) is 1. The van der Waals surface area contributed by atoms with Crippen molar-refractivity contribution in [1.82, 2.24) is 20.3 Å². The number of hydrogen-bond donors (Lipinski definition) is 1. The van der Waals surface area contributed by atoms with Gasteiger partial charge in [0.05, 0.1) is 28.6 Å². The SMILES string of the molecule is Fc1ccc(C2=NN(C(=S)NCCc3ccccc3)[C@H](c3cnc4ccccc4n3)C2)cc1. The Morgan fingerprint density at radius 1 is 0.970 bits per heavy atom. The monoisotopic (exact) mass is 455 g/mol. The molecule has 1 N–H and O–H groups in total. The molecule has 5 nitrogen and oxygen atoms in total. The van der Waals surface area contributed by atoms with E-state index in [1.165, 1.54) is 17.7 Å². The lowest BCUT2D eigenvalue weighted by atomic mass is 10.0. The third-order valence-electron chi connectivity index (χ3n) is 5.64. The van der Waals surface area contributed by atoms with Gasteiger partial charge < -0.3 is 5.32 Å². The summed E-state index contributed by atoms with van der Waals surface area (Å²) in [7, 11) is 0. The number of rotatable bonds is 5. The predicted molar refractivity (Wildman–Crippen MR) is 132 cm³/mol. The Morgan fingerprint density at radius 3 is 2.48 bits per heavy atom. The molecule has 164 valence electrons. The van der Waals surface area contributed by atoms with Crippen molar-refractivity contribution in [2.75, 3.05) is 6.54 Å². The molecule has 0 aliphatic carbocycles. The minimum Gasteiger partial charge on any atom is -0.361 e. The summed E-state index contributed by atoms with van der Waals surface area (Å²) in [6, 6.07) is 24.2. The molecule has 2 heterocycles. The van der Waals surface area contributed by atoms with E-state index in [9.17, 15) is 4.39 Å². The normalized spacial score (nSPS) is 15.5. The van der Waals surface area contributed by atoms with Gasteiger partial charge in [0.15, 0.2) is 5.11 Å². The number of halogens is 1. The van der Waals surface area contributed by atoms with Crippen molar-refractivity contribution in [3.8, 4) is 0 Å². The second kappa shape index (κ2) is 9.42. The number of nitrogens with zero attached hydrogens (tertiary/aromatic N) is 4. The Morgan fingerprint density at radius 2 is 1.70 bits per heavy atom. The van der Waals surface area contributed by atoms with E-state index in [2.05, 4.69) is 22.4 Å². The fourth-order valence-corrected chi connectivity index (χ4v) is 4.19. The standard InChI is InChI=1S/C26H22FN5S/c27-20-12-10-19(11-13-20)23-16-25(24-17-29-21-8-4-5-9-22(21)30-24)32(31-23)26(33)28-15-14-18-6-2-1-3-7-18/h1-13,17,25H,14-16H2,(H,28,33)/t25-/m0/s1. The van der Waals surface area contributed by atoms with Gasteiger partial charge in [-0.3, -0.25) is 4.98 Å². The molecule has 5 rings (SSSR count). The second-order valence-corrected chi connectivity index (χ2v) is 8.26. The third-order valence-corrected chi connectivity index (χ3v) is 5.97. The highest BCUT2D eigenvalue weighted by Crippen LogP contribution is 2.32. The number of hydrogen-bond acceptors (Lipinski definition) is 4. The summed E-state index contributed by atoms with van der Waals surface area (Å²) in [5.74, 6) is -0.274. The molecule has 0 fully saturated rings. The Hall–Kier alpha value is -3.71. The maximum atomic E-state index is 13.4. The van der Waals surface area contributed by atoms with E-state index in [1.807, 2.05) is 42.5 Å². The number of aromatic nitrogens is 2. The molecule has 0 saturated carbocycles. The van der Waals surface area contributed by atoms with Gasteiger partial charge in [-0.1, -0.05) is 54.6 Å². The Balaban J connectivity index is 1.40. The lowest BCUT2D eigenvalue weighted by molar-refractivity contribution is 0.357. The summed E-state index contributed by atoms with van der Waals surface area (Å²) in [6.45, 7) is 0.691. The lowest BCUT2D eigenvalue weighted by Crippen LogP contribution is -2.38. The van der Waals surface area contributed by atoms with E-state index in [0.29, 0.717) is 18.1 Å². The molecule has 4 aromatic rings. The molecule has 0 bridgehead atoms. The van der Waals surface area contributed by atoms with Crippen LogP contribution in [0.25, 0.3) is 11.0 Å². The summed E-state index contributed by atoms with van der Waals surface area (Å²) < 4.78 is 13.4. The molecular weight excluding hydrogens is 433 g/mol. The highest BCUT2D eigenvalue weighted by Gasteiger charge is 2.32. The number of thiocarbonyl (C=S) groups is 1. The second-order valence-electron chi connectivity index (χ2n) is 7.87. The van der Waals surface area contributed by atoms with E-state index >= 15 is 0 Å². The summed E-state index contributed by atoms with van der Waals surface area (Å²) in [4.78, 5) is 9.41. The molecular formula is C26H22FN5S. The van der Waals surface area contributed by atoms with Crippen LogP contribution < -0.4 is 5.32 Å². The van der Waals surface area contributed by atoms with Gasteiger partial charge in [-0.05, 0) is 54.0 Å². The van der Waals surface area contributed by atoms with Gasteiger partial charge in [-0.15, -0.1) is 0 Å². The van der Waals surface area contributed by atoms with Crippen LogP contribution in [0.4, 0.5) is 4.39 Å². The highest BCUT2D eigenvalue weighted by molar-refractivity contribution is 7.80. The topological polar surface area (TPSA) is 53.4 Å². The van der Waals surface area contributed by atoms with Crippen LogP contribution in [0, 0.1) is 5.82 Å². The summed E-state index contributed by atoms with van der Waals surface area (Å²) in [5.41, 5.74) is 5.40. The first-order chi connectivity index (χ1) is 16.2. The maximum absolute atomic E-state index is 13.4. The van der Waals surface area contributed by atoms with Crippen LogP contribution in [0.5, 0.6) is 0 Å². The fourth-order valence-electron chi connectivity index (χ4n) is 3.92. The molecule has 3 aromatic carbocycles. The van der Waals surface area contributed by atoms with Crippen molar-refractivity contribution in [2.24, 2.45) is 5.10 Å². The average molecular weight is 456 g/mol. The van der Waals surface area contributed by atoms with Crippen molar-refractivity contribution in [2.45, 2.75) is 18.9 Å². The number of fused-ring (bicyclic) bond motifs is 1. The van der Waals surface area contributed by atoms with Crippen LogP contribution in [0.1, 0.15) is 29.3 Å². The first kappa shape index (κ1) is 21.2. The fraction of sp³-hybridized carbons (Fsp3) is 0.154. The molecule has 0 spiro atoms. The minimum atomic E-state index is -0.274. The van der Waals surface area contributed by atoms with E-state index in [1.54, 1.807) is 23.3 Å². The molecule has 0 radical (unpaired) electrons. The lowest BCUT2D eigenvalue weighted by Gasteiger charge is -2.24. The Bertz CT molecular complexity index is 1310. The van der Waals surface area contributed by atoms with Crippen LogP contribution in [-0.2, 0) is 6.42 Å². The Kier molecular flexibility index (Phi) is 6.04. The zero-order chi connectivity index (χ0) is 22.6. The molecule has 1 aromatic heterocycles. The van der Waals surface area contributed by atoms with Crippen LogP contribution in [0.2, 0.25) is 0 Å². The smallest absolute Gasteiger partial charge is 0.190 e. The van der Waals surface area contributed by atoms with Gasteiger partial charge in [-0.2, -0.15) is 5.10 Å². The summed E-state index contributed by atoms with van der Waals surface area (Å²) in [5, 5.41) is 10.5. The van der Waals surface area contributed by atoms with Crippen LogP contribution >= 0.6 is 12.2 Å². The molecule has 0 amide bonds. The largest absolute Gasteiger partial charge is 0.361 e. The molecule has 33 heavy (non-hydrogen) atoms. The summed E-state index contributed by atoms with van der Waals surface area (Å²) in [6.07, 6.45) is 3.23. The minimum absolute atomic E-state index is 0.195. The molecule has 7 heteroatoms. The molecule has 0 saturated heterocycles. The van der Waals surface area contributed by atoms with Crippen molar-refractivity contribution < 1.29 is 4.39 Å². The zero-order valence-corrected chi connectivity index (χ0v) is 18.7. The van der Waals surface area contributed by atoms with Crippen LogP contribution in [0.3, 0.4) is 0 Å². The average Bonchev–Trinajstić information content (AvgIpc) is 3.30. The van der Waals surface area contributed by atoms with E-state index < -0.39 is 0 Å². The number of hydrazone groups is 1. The van der Waals surface area contributed by atoms with Gasteiger partial charge in [0.1, 0.15) is 11.9 Å². The van der Waals surface area contributed by atoms with Gasteiger partial charge in [0, 0.05) is 13.0 Å². The molecule has 1 aliphatic heterocycles. The van der Waals surface area contributed by atoms with Crippen LogP contribution in [0.15, 0.2) is 90.2 Å². The van der Waals surface area contributed by atoms with E-state index in [0.717, 1.165) is 34.4 Å². The van der Waals surface area contributed by atoms with Crippen molar-refractivity contribution >= 4 is 34.1 Å². The van der Waals surface area contributed by atoms with Crippen molar-refractivity contribution in [3.63, 3.8) is 0 Å². The highest BCUT2D eigenvalue weighted by atomic mass is 32.1. The van der Waals surface area contributed by atoms with Gasteiger partial charge in [0.25, 0.3) is 0 Å². The van der Waals surface area contributed by atoms with Crippen LogP contribution in [-0.4, -0.2) is 32.3 Å². The van der Waals surface area contributed by atoms with Gasteiger partial charge >= 0.3 is 0 Å². The maximum Gasteiger partial charge on any atom is 0.190 e. The number of para-hydroxylation sites is 2. The quantitative estimate of drug-likeness (QED) is 0.428. The third kappa shape index (κ3) is 4.73. The Labute approximate surface area is 197 Å². The zero-order valence-electron chi connectivity index (χ0n) is 17.9. The summed E-state index contributed by atoms with van der Waals surface area (Å²) >= 11 is 5.73. The van der Waals surface area contributed by atoms with Crippen molar-refractivity contribution in [1.29, 1.82) is 0 Å². The predicted octanol–water partition coefficient (Wildman–Crippen LogP) is 5.04. The van der Waals surface area contributed by atoms with E-state index in [-0.39, 0.29) is 11.9 Å². The van der Waals surface area contributed by atoms with E-state index in [4.69, 9.17) is 22.3 Å². The number of benzene rings is 3. The molecule has 0 unspecified atom stereocenters. The molecule has 1 atom stereocenters. The first-order valence-electron chi connectivity index (χ1n) is 10.8. The van der Waals surface area contributed by atoms with Gasteiger partial charge in [0.2, 0.25) is 0 Å². The van der Waals surface area contributed by atoms with Gasteiger partial charge in [-0.25, -0.2) is 14.4 Å².